The number of carbonyl (C=O) groups is 1. The summed E-state index contributed by atoms with van der Waals surface area (Å²) < 4.78 is 0. The van der Waals surface area contributed by atoms with Crippen molar-refractivity contribution in [3.8, 4) is 0 Å². The molecule has 0 aromatic heterocycles. The smallest absolute Gasteiger partial charge is 0.224 e. The minimum atomic E-state index is 0.0515. The van der Waals surface area contributed by atoms with E-state index < -0.39 is 0 Å². The number of nitrogens with zero attached hydrogens (tertiary/aromatic N) is 1. The Hall–Kier alpha value is -1.84. The highest BCUT2D eigenvalue weighted by molar-refractivity contribution is 6.31. The van der Waals surface area contributed by atoms with Crippen molar-refractivity contribution < 1.29 is 4.79 Å². The number of carbonyl (C=O) groups excluding carboxylic acids is 1. The van der Waals surface area contributed by atoms with E-state index in [2.05, 4.69) is 48.3 Å². The van der Waals surface area contributed by atoms with Crippen molar-refractivity contribution in [2.75, 3.05) is 13.1 Å². The summed E-state index contributed by atoms with van der Waals surface area (Å²) in [5.74, 6) is 0.225. The maximum absolute atomic E-state index is 12.8. The molecule has 1 heterocycles. The molecule has 0 aliphatic carbocycles. The molecule has 0 saturated carbocycles. The van der Waals surface area contributed by atoms with Crippen LogP contribution in [0.2, 0.25) is 5.02 Å². The molecule has 4 heteroatoms. The van der Waals surface area contributed by atoms with Crippen molar-refractivity contribution in [1.82, 2.24) is 10.2 Å². The Morgan fingerprint density at radius 1 is 1.11 bits per heavy atom. The maximum Gasteiger partial charge on any atom is 0.224 e. The molecule has 1 amide bonds. The number of nitrogens with one attached hydrogen (secondary N) is 1. The molecule has 2 aromatic rings. The first-order chi connectivity index (χ1) is 13.6. The molecule has 28 heavy (non-hydrogen) atoms. The maximum atomic E-state index is 12.8. The third kappa shape index (κ3) is 5.36. The zero-order valence-electron chi connectivity index (χ0n) is 17.0. The van der Waals surface area contributed by atoms with Gasteiger partial charge in [-0.3, -0.25) is 9.69 Å². The Labute approximate surface area is 174 Å². The molecule has 150 valence electrons. The first-order valence-corrected chi connectivity index (χ1v) is 10.8. The molecule has 1 atom stereocenters. The number of rotatable bonds is 7. The predicted molar refractivity (Wildman–Crippen MR) is 116 cm³/mol. The van der Waals surface area contributed by atoms with Crippen molar-refractivity contribution in [2.24, 2.45) is 5.92 Å². The highest BCUT2D eigenvalue weighted by atomic mass is 35.5. The standard InChI is InChI=1S/C24H31ClN2O/c1-3-18-11-12-19(4-2)22(14-18)15-26-24(28)21-9-7-13-27(17-21)16-20-8-5-6-10-23(20)25/h5-6,8,10-12,14,21H,3-4,7,9,13,15-17H2,1-2H3,(H,26,28). The summed E-state index contributed by atoms with van der Waals surface area (Å²) in [6.45, 7) is 7.58. The van der Waals surface area contributed by atoms with Crippen molar-refractivity contribution in [1.29, 1.82) is 0 Å². The minimum absolute atomic E-state index is 0.0515. The third-order valence-corrected chi connectivity index (χ3v) is 6.11. The number of aryl methyl sites for hydroxylation is 2. The highest BCUT2D eigenvalue weighted by Gasteiger charge is 2.26. The lowest BCUT2D eigenvalue weighted by molar-refractivity contribution is -0.126. The van der Waals surface area contributed by atoms with Crippen LogP contribution in [-0.2, 0) is 30.7 Å². The molecule has 1 fully saturated rings. The van der Waals surface area contributed by atoms with E-state index in [1.807, 2.05) is 18.2 Å². The predicted octanol–water partition coefficient (Wildman–Crippen LogP) is 4.99. The number of likely N-dealkylation sites (tertiary alicyclic amines) is 1. The molecule has 3 rings (SSSR count). The molecule has 1 unspecified atom stereocenters. The van der Waals surface area contributed by atoms with Gasteiger partial charge < -0.3 is 5.32 Å². The lowest BCUT2D eigenvalue weighted by atomic mass is 9.96. The summed E-state index contributed by atoms with van der Waals surface area (Å²) in [7, 11) is 0. The van der Waals surface area contributed by atoms with Crippen LogP contribution in [0.15, 0.2) is 42.5 Å². The van der Waals surface area contributed by atoms with Gasteiger partial charge in [-0.2, -0.15) is 0 Å². The van der Waals surface area contributed by atoms with Crippen molar-refractivity contribution >= 4 is 17.5 Å². The summed E-state index contributed by atoms with van der Waals surface area (Å²) in [6.07, 6.45) is 4.02. The van der Waals surface area contributed by atoms with E-state index in [-0.39, 0.29) is 11.8 Å². The monoisotopic (exact) mass is 398 g/mol. The van der Waals surface area contributed by atoms with Gasteiger partial charge in [-0.15, -0.1) is 0 Å². The molecule has 2 aromatic carbocycles. The molecule has 1 saturated heterocycles. The fourth-order valence-electron chi connectivity index (χ4n) is 4.02. The molecular weight excluding hydrogens is 368 g/mol. The van der Waals surface area contributed by atoms with Gasteiger partial charge in [-0.05, 0) is 60.5 Å². The zero-order chi connectivity index (χ0) is 19.9. The number of halogens is 1. The topological polar surface area (TPSA) is 32.3 Å². The van der Waals surface area contributed by atoms with Gasteiger partial charge in [-0.1, -0.05) is 61.8 Å². The van der Waals surface area contributed by atoms with E-state index in [4.69, 9.17) is 11.6 Å². The molecule has 1 N–H and O–H groups in total. The molecule has 0 radical (unpaired) electrons. The fourth-order valence-corrected chi connectivity index (χ4v) is 4.21. The third-order valence-electron chi connectivity index (χ3n) is 5.74. The first kappa shape index (κ1) is 20.9. The Morgan fingerprint density at radius 3 is 2.68 bits per heavy atom. The average molecular weight is 399 g/mol. The largest absolute Gasteiger partial charge is 0.352 e. The van der Waals surface area contributed by atoms with E-state index in [9.17, 15) is 4.79 Å². The Bertz CT molecular complexity index is 805. The molecule has 0 spiro atoms. The molecule has 0 bridgehead atoms. The van der Waals surface area contributed by atoms with Crippen LogP contribution < -0.4 is 5.32 Å². The summed E-state index contributed by atoms with van der Waals surface area (Å²) in [6, 6.07) is 14.6. The number of amides is 1. The first-order valence-electron chi connectivity index (χ1n) is 10.4. The lowest BCUT2D eigenvalue weighted by Crippen LogP contribution is -2.42. The summed E-state index contributed by atoms with van der Waals surface area (Å²) in [4.78, 5) is 15.2. The van der Waals surface area contributed by atoms with Gasteiger partial charge in [0.05, 0.1) is 5.92 Å². The SMILES string of the molecule is CCc1ccc(CC)c(CNC(=O)C2CCCN(Cc3ccccc3Cl)C2)c1. The highest BCUT2D eigenvalue weighted by Crippen LogP contribution is 2.22. The normalized spacial score (nSPS) is 17.5. The van der Waals surface area contributed by atoms with E-state index in [0.717, 1.165) is 55.9 Å². The second-order valence-electron chi connectivity index (χ2n) is 7.69. The number of hydrogen-bond acceptors (Lipinski definition) is 2. The Kier molecular flexibility index (Phi) is 7.52. The van der Waals surface area contributed by atoms with Gasteiger partial charge in [0, 0.05) is 24.7 Å². The molecular formula is C24H31ClN2O. The van der Waals surface area contributed by atoms with Gasteiger partial charge in [-0.25, -0.2) is 0 Å². The van der Waals surface area contributed by atoms with Gasteiger partial charge >= 0.3 is 0 Å². The van der Waals surface area contributed by atoms with Crippen LogP contribution in [0.25, 0.3) is 0 Å². The minimum Gasteiger partial charge on any atom is -0.352 e. The molecule has 3 nitrogen and oxygen atoms in total. The van der Waals surface area contributed by atoms with Crippen LogP contribution in [0, 0.1) is 5.92 Å². The molecule has 1 aliphatic rings. The van der Waals surface area contributed by atoms with Crippen molar-refractivity contribution in [3.63, 3.8) is 0 Å². The van der Waals surface area contributed by atoms with Crippen molar-refractivity contribution in [3.05, 3.63) is 69.7 Å². The van der Waals surface area contributed by atoms with Crippen LogP contribution in [0.5, 0.6) is 0 Å². The Balaban J connectivity index is 1.58. The van der Waals surface area contributed by atoms with Crippen molar-refractivity contribution in [2.45, 2.75) is 52.6 Å². The van der Waals surface area contributed by atoms with E-state index >= 15 is 0 Å². The van der Waals surface area contributed by atoms with Gasteiger partial charge in [0.2, 0.25) is 5.91 Å². The van der Waals surface area contributed by atoms with E-state index in [1.165, 1.54) is 16.7 Å². The lowest BCUT2D eigenvalue weighted by Gasteiger charge is -2.32. The van der Waals surface area contributed by atoms with Gasteiger partial charge in [0.15, 0.2) is 0 Å². The fraction of sp³-hybridized carbons (Fsp3) is 0.458. The number of hydrogen-bond donors (Lipinski definition) is 1. The quantitative estimate of drug-likeness (QED) is 0.712. The van der Waals surface area contributed by atoms with Gasteiger partial charge in [0.1, 0.15) is 0 Å². The Morgan fingerprint density at radius 2 is 1.93 bits per heavy atom. The molecule has 1 aliphatic heterocycles. The number of piperidine rings is 1. The number of benzene rings is 2. The zero-order valence-corrected chi connectivity index (χ0v) is 17.8. The average Bonchev–Trinajstić information content (AvgIpc) is 2.73. The second kappa shape index (κ2) is 10.1. The second-order valence-corrected chi connectivity index (χ2v) is 8.10. The summed E-state index contributed by atoms with van der Waals surface area (Å²) in [5.41, 5.74) is 5.03. The van der Waals surface area contributed by atoms with Crippen LogP contribution >= 0.6 is 11.6 Å². The van der Waals surface area contributed by atoms with Crippen LogP contribution in [0.4, 0.5) is 0 Å². The van der Waals surface area contributed by atoms with Crippen LogP contribution in [0.1, 0.15) is 48.9 Å². The van der Waals surface area contributed by atoms with Gasteiger partial charge in [0.25, 0.3) is 0 Å². The summed E-state index contributed by atoms with van der Waals surface area (Å²) >= 11 is 6.31. The van der Waals surface area contributed by atoms with E-state index in [1.54, 1.807) is 0 Å². The van der Waals surface area contributed by atoms with E-state index in [0.29, 0.717) is 6.54 Å². The van der Waals surface area contributed by atoms with Crippen LogP contribution in [-0.4, -0.2) is 23.9 Å². The van der Waals surface area contributed by atoms with Crippen LogP contribution in [0.3, 0.4) is 0 Å². The summed E-state index contributed by atoms with van der Waals surface area (Å²) in [5, 5.41) is 4.00.